The zero-order valence-corrected chi connectivity index (χ0v) is 7.14. The van der Waals surface area contributed by atoms with Gasteiger partial charge in [0.25, 0.3) is 0 Å². The van der Waals surface area contributed by atoms with Gasteiger partial charge in [0.2, 0.25) is 0 Å². The van der Waals surface area contributed by atoms with Gasteiger partial charge < -0.3 is 4.74 Å². The van der Waals surface area contributed by atoms with E-state index in [-0.39, 0.29) is 0 Å². The summed E-state index contributed by atoms with van der Waals surface area (Å²) in [6.07, 6.45) is 5.87. The Hall–Kier alpha value is -1.20. The van der Waals surface area contributed by atoms with E-state index in [1.165, 1.54) is 5.57 Å². The van der Waals surface area contributed by atoms with E-state index in [2.05, 4.69) is 11.8 Å². The summed E-state index contributed by atoms with van der Waals surface area (Å²) in [4.78, 5) is 0. The van der Waals surface area contributed by atoms with Crippen LogP contribution in [0, 0.1) is 0 Å². The van der Waals surface area contributed by atoms with E-state index in [4.69, 9.17) is 4.74 Å². The summed E-state index contributed by atoms with van der Waals surface area (Å²) in [5.74, 6) is 0.887. The van der Waals surface area contributed by atoms with E-state index in [0.29, 0.717) is 0 Å². The molecule has 0 spiro atoms. The Morgan fingerprint density at radius 2 is 2.00 bits per heavy atom. The van der Waals surface area contributed by atoms with Gasteiger partial charge in [0.1, 0.15) is 5.76 Å². The SMILES string of the molecule is COC1=C(C)C=C(C)C=C=C1. The van der Waals surface area contributed by atoms with Crippen LogP contribution in [0.3, 0.4) is 0 Å². The molecule has 0 saturated heterocycles. The predicted octanol–water partition coefficient (Wildman–Crippen LogP) is 2.58. The fourth-order valence-corrected chi connectivity index (χ4v) is 1.04. The molecular formula is C10H12O. The maximum atomic E-state index is 5.13. The molecule has 0 bridgehead atoms. The Bertz CT molecular complexity index is 273. The first-order valence-corrected chi connectivity index (χ1v) is 3.59. The van der Waals surface area contributed by atoms with Crippen LogP contribution in [0.15, 0.2) is 40.9 Å². The summed E-state index contributed by atoms with van der Waals surface area (Å²) in [6.45, 7) is 4.07. The van der Waals surface area contributed by atoms with Crippen molar-refractivity contribution in [2.24, 2.45) is 0 Å². The van der Waals surface area contributed by atoms with E-state index in [0.717, 1.165) is 11.3 Å². The molecule has 0 aromatic rings. The second-order valence-electron chi connectivity index (χ2n) is 2.60. The second kappa shape index (κ2) is 3.27. The first-order valence-electron chi connectivity index (χ1n) is 3.59. The lowest BCUT2D eigenvalue weighted by atomic mass is 10.2. The van der Waals surface area contributed by atoms with Crippen molar-refractivity contribution in [1.29, 1.82) is 0 Å². The van der Waals surface area contributed by atoms with Crippen molar-refractivity contribution in [2.45, 2.75) is 13.8 Å². The molecule has 0 amide bonds. The average molecular weight is 148 g/mol. The Kier molecular flexibility index (Phi) is 2.35. The van der Waals surface area contributed by atoms with Gasteiger partial charge in [0.15, 0.2) is 0 Å². The molecule has 1 rings (SSSR count). The lowest BCUT2D eigenvalue weighted by Crippen LogP contribution is -1.84. The normalized spacial score (nSPS) is 16.5. The van der Waals surface area contributed by atoms with Gasteiger partial charge in [-0.05, 0) is 31.1 Å². The van der Waals surface area contributed by atoms with Crippen molar-refractivity contribution >= 4 is 0 Å². The molecule has 0 atom stereocenters. The molecule has 0 saturated carbocycles. The number of allylic oxidation sites excluding steroid dienone is 4. The third-order valence-corrected chi connectivity index (χ3v) is 1.58. The number of hydrogen-bond donors (Lipinski definition) is 0. The molecule has 0 unspecified atom stereocenters. The monoisotopic (exact) mass is 148 g/mol. The predicted molar refractivity (Wildman–Crippen MR) is 46.1 cm³/mol. The van der Waals surface area contributed by atoms with Crippen molar-refractivity contribution < 1.29 is 4.74 Å². The highest BCUT2D eigenvalue weighted by molar-refractivity contribution is 5.36. The first-order chi connectivity index (χ1) is 5.24. The topological polar surface area (TPSA) is 9.23 Å². The fourth-order valence-electron chi connectivity index (χ4n) is 1.04. The highest BCUT2D eigenvalue weighted by atomic mass is 16.5. The maximum Gasteiger partial charge on any atom is 0.129 e. The van der Waals surface area contributed by atoms with Crippen LogP contribution in [-0.4, -0.2) is 7.11 Å². The van der Waals surface area contributed by atoms with Crippen molar-refractivity contribution in [3.05, 3.63) is 40.9 Å². The fraction of sp³-hybridized carbons (Fsp3) is 0.300. The summed E-state index contributed by atoms with van der Waals surface area (Å²) in [6, 6.07) is 0. The molecule has 1 heteroatoms. The number of hydrogen-bond acceptors (Lipinski definition) is 1. The summed E-state index contributed by atoms with van der Waals surface area (Å²) < 4.78 is 5.13. The second-order valence-corrected chi connectivity index (χ2v) is 2.60. The Labute approximate surface area is 67.4 Å². The summed E-state index contributed by atoms with van der Waals surface area (Å²) in [5, 5.41) is 0. The number of methoxy groups -OCH3 is 1. The third-order valence-electron chi connectivity index (χ3n) is 1.58. The van der Waals surface area contributed by atoms with Gasteiger partial charge in [-0.25, -0.2) is 0 Å². The highest BCUT2D eigenvalue weighted by Crippen LogP contribution is 2.13. The lowest BCUT2D eigenvalue weighted by Gasteiger charge is -2.00. The largest absolute Gasteiger partial charge is 0.496 e. The van der Waals surface area contributed by atoms with E-state index in [1.807, 2.05) is 26.0 Å². The minimum absolute atomic E-state index is 0.887. The molecule has 0 aromatic carbocycles. The van der Waals surface area contributed by atoms with Gasteiger partial charge >= 0.3 is 0 Å². The molecule has 0 aromatic heterocycles. The third kappa shape index (κ3) is 1.86. The molecule has 0 heterocycles. The maximum absolute atomic E-state index is 5.13. The summed E-state index contributed by atoms with van der Waals surface area (Å²) >= 11 is 0. The average Bonchev–Trinajstić information content (AvgIpc) is 2.11. The van der Waals surface area contributed by atoms with Gasteiger partial charge in [-0.3, -0.25) is 0 Å². The Morgan fingerprint density at radius 3 is 2.64 bits per heavy atom. The smallest absolute Gasteiger partial charge is 0.129 e. The molecule has 0 radical (unpaired) electrons. The minimum Gasteiger partial charge on any atom is -0.496 e. The molecule has 0 aliphatic heterocycles. The molecule has 1 nitrogen and oxygen atoms in total. The van der Waals surface area contributed by atoms with Crippen molar-refractivity contribution in [2.75, 3.05) is 7.11 Å². The van der Waals surface area contributed by atoms with Crippen LogP contribution in [0.1, 0.15) is 13.8 Å². The molecular weight excluding hydrogens is 136 g/mol. The van der Waals surface area contributed by atoms with Gasteiger partial charge in [-0.1, -0.05) is 6.08 Å². The van der Waals surface area contributed by atoms with Crippen LogP contribution in [0.2, 0.25) is 0 Å². The van der Waals surface area contributed by atoms with Crippen LogP contribution in [0.25, 0.3) is 0 Å². The number of rotatable bonds is 1. The Morgan fingerprint density at radius 1 is 1.27 bits per heavy atom. The van der Waals surface area contributed by atoms with Crippen molar-refractivity contribution in [3.8, 4) is 0 Å². The number of ether oxygens (including phenoxy) is 1. The molecule has 1 aliphatic carbocycles. The molecule has 11 heavy (non-hydrogen) atoms. The van der Waals surface area contributed by atoms with Crippen molar-refractivity contribution in [1.82, 2.24) is 0 Å². The van der Waals surface area contributed by atoms with Gasteiger partial charge in [0, 0.05) is 6.08 Å². The van der Waals surface area contributed by atoms with Gasteiger partial charge in [-0.15, -0.1) is 5.73 Å². The van der Waals surface area contributed by atoms with Crippen LogP contribution < -0.4 is 0 Å². The standard InChI is InChI=1S/C10H12O/c1-8-5-4-6-10(11-3)9(2)7-8/h5-7H,1-3H3. The Balaban J connectivity index is 3.09. The van der Waals surface area contributed by atoms with Crippen LogP contribution in [0.4, 0.5) is 0 Å². The zero-order chi connectivity index (χ0) is 8.27. The van der Waals surface area contributed by atoms with Crippen LogP contribution >= 0.6 is 0 Å². The molecule has 1 aliphatic rings. The van der Waals surface area contributed by atoms with E-state index >= 15 is 0 Å². The minimum atomic E-state index is 0.887. The lowest BCUT2D eigenvalue weighted by molar-refractivity contribution is 0.304. The molecule has 0 N–H and O–H groups in total. The molecule has 0 fully saturated rings. The van der Waals surface area contributed by atoms with Crippen LogP contribution in [0.5, 0.6) is 0 Å². The highest BCUT2D eigenvalue weighted by Gasteiger charge is 1.97. The zero-order valence-electron chi connectivity index (χ0n) is 7.14. The van der Waals surface area contributed by atoms with Crippen LogP contribution in [-0.2, 0) is 4.74 Å². The quantitative estimate of drug-likeness (QED) is 0.519. The van der Waals surface area contributed by atoms with E-state index < -0.39 is 0 Å². The molecule has 58 valence electrons. The summed E-state index contributed by atoms with van der Waals surface area (Å²) in [7, 11) is 1.67. The van der Waals surface area contributed by atoms with E-state index in [9.17, 15) is 0 Å². The van der Waals surface area contributed by atoms with E-state index in [1.54, 1.807) is 7.11 Å². The van der Waals surface area contributed by atoms with Gasteiger partial charge in [-0.2, -0.15) is 0 Å². The summed E-state index contributed by atoms with van der Waals surface area (Å²) in [5.41, 5.74) is 5.37. The van der Waals surface area contributed by atoms with Gasteiger partial charge in [0.05, 0.1) is 7.11 Å². The first kappa shape index (κ1) is 7.90. The van der Waals surface area contributed by atoms with Crippen molar-refractivity contribution in [3.63, 3.8) is 0 Å².